The summed E-state index contributed by atoms with van der Waals surface area (Å²) in [4.78, 5) is 13.7. The second-order valence-electron chi connectivity index (χ2n) is 5.26. The van der Waals surface area contributed by atoms with E-state index in [9.17, 15) is 4.79 Å². The van der Waals surface area contributed by atoms with Crippen molar-refractivity contribution >= 4 is 5.91 Å². The quantitative estimate of drug-likeness (QED) is 0.772. The minimum atomic E-state index is -0.0166. The van der Waals surface area contributed by atoms with Crippen LogP contribution in [0.25, 0.3) is 11.3 Å². The number of rotatable bonds is 7. The zero-order valence-corrected chi connectivity index (χ0v) is 13.0. The highest BCUT2D eigenvalue weighted by Crippen LogP contribution is 2.22. The Morgan fingerprint density at radius 3 is 2.86 bits per heavy atom. The average Bonchev–Trinajstić information content (AvgIpc) is 3.03. The van der Waals surface area contributed by atoms with Gasteiger partial charge in [-0.3, -0.25) is 14.8 Å². The predicted molar refractivity (Wildman–Crippen MR) is 88.3 cm³/mol. The van der Waals surface area contributed by atoms with Crippen molar-refractivity contribution in [1.29, 1.82) is 0 Å². The molecule has 2 N–H and O–H groups in total. The number of likely N-dealkylation sites (N-methyl/N-ethyl adjacent to an activating group) is 1. The van der Waals surface area contributed by atoms with Crippen LogP contribution >= 0.6 is 0 Å². The molecule has 2 aromatic rings. The summed E-state index contributed by atoms with van der Waals surface area (Å²) in [5.41, 5.74) is 2.97. The zero-order chi connectivity index (χ0) is 15.9. The van der Waals surface area contributed by atoms with E-state index in [4.69, 9.17) is 0 Å². The molecule has 22 heavy (non-hydrogen) atoms. The van der Waals surface area contributed by atoms with Crippen LogP contribution < -0.4 is 5.32 Å². The molecule has 5 heteroatoms. The van der Waals surface area contributed by atoms with E-state index in [0.717, 1.165) is 17.0 Å². The van der Waals surface area contributed by atoms with Crippen molar-refractivity contribution in [3.8, 4) is 11.3 Å². The fourth-order valence-electron chi connectivity index (χ4n) is 2.15. The van der Waals surface area contributed by atoms with Gasteiger partial charge in [-0.1, -0.05) is 36.4 Å². The van der Waals surface area contributed by atoms with Crippen LogP contribution in [0.15, 0.2) is 49.1 Å². The molecule has 0 fully saturated rings. The lowest BCUT2D eigenvalue weighted by Crippen LogP contribution is -2.36. The van der Waals surface area contributed by atoms with Gasteiger partial charge in [0.2, 0.25) is 5.91 Å². The summed E-state index contributed by atoms with van der Waals surface area (Å²) >= 11 is 0. The van der Waals surface area contributed by atoms with Crippen LogP contribution in [0.5, 0.6) is 0 Å². The van der Waals surface area contributed by atoms with Gasteiger partial charge in [-0.25, -0.2) is 0 Å². The molecule has 0 saturated heterocycles. The third-order valence-corrected chi connectivity index (χ3v) is 3.62. The average molecular weight is 298 g/mol. The molecule has 1 aromatic heterocycles. The Hall–Kier alpha value is -2.40. The minimum absolute atomic E-state index is 0.0166. The Morgan fingerprint density at radius 2 is 2.18 bits per heavy atom. The van der Waals surface area contributed by atoms with Gasteiger partial charge < -0.3 is 5.32 Å². The van der Waals surface area contributed by atoms with Crippen LogP contribution in [0, 0.1) is 0 Å². The van der Waals surface area contributed by atoms with E-state index < -0.39 is 0 Å². The van der Waals surface area contributed by atoms with Gasteiger partial charge in [0.1, 0.15) is 0 Å². The molecular weight excluding hydrogens is 276 g/mol. The summed E-state index contributed by atoms with van der Waals surface area (Å²) in [6.07, 6.45) is 1.67. The first kappa shape index (κ1) is 16.0. The standard InChI is InChI=1S/C17H22N4O/c1-4-10-18-17(22)12-21(3)13(2)15-11-16(20-19-15)14-8-6-5-7-9-14/h4-9,11,13H,1,10,12H2,2-3H3,(H,18,22)(H,19,20). The number of carbonyl (C=O) groups is 1. The molecule has 1 heterocycles. The highest BCUT2D eigenvalue weighted by atomic mass is 16.2. The van der Waals surface area contributed by atoms with Crippen molar-refractivity contribution in [3.63, 3.8) is 0 Å². The highest BCUT2D eigenvalue weighted by molar-refractivity contribution is 5.78. The predicted octanol–water partition coefficient (Wildman–Crippen LogP) is 2.37. The first-order valence-corrected chi connectivity index (χ1v) is 7.30. The summed E-state index contributed by atoms with van der Waals surface area (Å²) in [7, 11) is 1.92. The molecule has 0 aliphatic rings. The van der Waals surface area contributed by atoms with E-state index in [-0.39, 0.29) is 11.9 Å². The van der Waals surface area contributed by atoms with Gasteiger partial charge >= 0.3 is 0 Å². The molecule has 5 nitrogen and oxygen atoms in total. The van der Waals surface area contributed by atoms with Crippen molar-refractivity contribution < 1.29 is 4.79 Å². The molecule has 1 unspecified atom stereocenters. The van der Waals surface area contributed by atoms with Crippen molar-refractivity contribution in [3.05, 3.63) is 54.7 Å². The zero-order valence-electron chi connectivity index (χ0n) is 13.0. The summed E-state index contributed by atoms with van der Waals surface area (Å²) in [5, 5.41) is 10.2. The Bertz CT molecular complexity index is 621. The summed E-state index contributed by atoms with van der Waals surface area (Å²) in [6, 6.07) is 12.1. The number of carbonyl (C=O) groups excluding carboxylic acids is 1. The largest absolute Gasteiger partial charge is 0.352 e. The molecule has 1 aromatic carbocycles. The Labute approximate surface area is 131 Å². The molecule has 0 radical (unpaired) electrons. The Balaban J connectivity index is 2.00. The normalized spacial score (nSPS) is 12.1. The first-order valence-electron chi connectivity index (χ1n) is 7.30. The lowest BCUT2D eigenvalue weighted by Gasteiger charge is -2.22. The molecule has 2 rings (SSSR count). The SMILES string of the molecule is C=CCNC(=O)CN(C)C(C)c1cc(-c2ccccc2)n[nH]1. The molecule has 0 saturated carbocycles. The van der Waals surface area contributed by atoms with Crippen molar-refractivity contribution in [2.24, 2.45) is 0 Å². The molecule has 1 atom stereocenters. The van der Waals surface area contributed by atoms with E-state index in [2.05, 4.69) is 22.1 Å². The van der Waals surface area contributed by atoms with Crippen molar-refractivity contribution in [1.82, 2.24) is 20.4 Å². The number of hydrogen-bond donors (Lipinski definition) is 2. The number of H-pyrrole nitrogens is 1. The van der Waals surface area contributed by atoms with E-state index in [0.29, 0.717) is 13.1 Å². The van der Waals surface area contributed by atoms with Gasteiger partial charge in [0.05, 0.1) is 17.9 Å². The van der Waals surface area contributed by atoms with Crippen LogP contribution in [0.2, 0.25) is 0 Å². The van der Waals surface area contributed by atoms with Crippen LogP contribution in [-0.4, -0.2) is 41.1 Å². The van der Waals surface area contributed by atoms with Crippen molar-refractivity contribution in [2.75, 3.05) is 20.1 Å². The van der Waals surface area contributed by atoms with E-state index in [1.807, 2.05) is 55.3 Å². The fourth-order valence-corrected chi connectivity index (χ4v) is 2.15. The minimum Gasteiger partial charge on any atom is -0.352 e. The molecule has 116 valence electrons. The molecule has 0 spiro atoms. The third-order valence-electron chi connectivity index (χ3n) is 3.62. The Kier molecular flexibility index (Phi) is 5.49. The molecule has 0 bridgehead atoms. The van der Waals surface area contributed by atoms with Gasteiger partial charge in [0.15, 0.2) is 0 Å². The van der Waals surface area contributed by atoms with Gasteiger partial charge in [-0.2, -0.15) is 5.10 Å². The summed E-state index contributed by atoms with van der Waals surface area (Å²) in [5.74, 6) is -0.0166. The number of aromatic nitrogens is 2. The number of benzene rings is 1. The van der Waals surface area contributed by atoms with Gasteiger partial charge in [-0.15, -0.1) is 6.58 Å². The number of hydrogen-bond acceptors (Lipinski definition) is 3. The first-order chi connectivity index (χ1) is 10.6. The second-order valence-corrected chi connectivity index (χ2v) is 5.26. The van der Waals surface area contributed by atoms with Gasteiger partial charge in [0, 0.05) is 18.2 Å². The maximum absolute atomic E-state index is 11.7. The number of amides is 1. The summed E-state index contributed by atoms with van der Waals surface area (Å²) in [6.45, 7) is 6.45. The van der Waals surface area contributed by atoms with Crippen LogP contribution in [-0.2, 0) is 4.79 Å². The van der Waals surface area contributed by atoms with Crippen LogP contribution in [0.3, 0.4) is 0 Å². The maximum Gasteiger partial charge on any atom is 0.234 e. The number of nitrogens with one attached hydrogen (secondary N) is 2. The molecular formula is C17H22N4O. The topological polar surface area (TPSA) is 61.0 Å². The van der Waals surface area contributed by atoms with Crippen LogP contribution in [0.4, 0.5) is 0 Å². The highest BCUT2D eigenvalue weighted by Gasteiger charge is 2.17. The smallest absolute Gasteiger partial charge is 0.234 e. The lowest BCUT2D eigenvalue weighted by atomic mass is 10.1. The molecule has 1 amide bonds. The van der Waals surface area contributed by atoms with Gasteiger partial charge in [0.25, 0.3) is 0 Å². The molecule has 0 aliphatic heterocycles. The summed E-state index contributed by atoms with van der Waals surface area (Å²) < 4.78 is 0. The third kappa shape index (κ3) is 4.05. The van der Waals surface area contributed by atoms with E-state index in [1.165, 1.54) is 0 Å². The maximum atomic E-state index is 11.7. The van der Waals surface area contributed by atoms with E-state index >= 15 is 0 Å². The number of nitrogens with zero attached hydrogens (tertiary/aromatic N) is 2. The Morgan fingerprint density at radius 1 is 1.45 bits per heavy atom. The fraction of sp³-hybridized carbons (Fsp3) is 0.294. The van der Waals surface area contributed by atoms with E-state index in [1.54, 1.807) is 6.08 Å². The monoisotopic (exact) mass is 298 g/mol. The molecule has 0 aliphatic carbocycles. The van der Waals surface area contributed by atoms with Crippen molar-refractivity contribution in [2.45, 2.75) is 13.0 Å². The van der Waals surface area contributed by atoms with Gasteiger partial charge in [-0.05, 0) is 20.0 Å². The number of aromatic amines is 1. The lowest BCUT2D eigenvalue weighted by molar-refractivity contribution is -0.122. The van der Waals surface area contributed by atoms with Crippen LogP contribution in [0.1, 0.15) is 18.7 Å². The second kappa shape index (κ2) is 7.56.